The summed E-state index contributed by atoms with van der Waals surface area (Å²) in [5, 5.41) is 4.58. The summed E-state index contributed by atoms with van der Waals surface area (Å²) >= 11 is 0. The van der Waals surface area contributed by atoms with Gasteiger partial charge in [0.1, 0.15) is 0 Å². The van der Waals surface area contributed by atoms with E-state index in [1.165, 1.54) is 47.1 Å². The second kappa shape index (κ2) is 11.0. The summed E-state index contributed by atoms with van der Waals surface area (Å²) in [5.41, 5.74) is 5.36. The summed E-state index contributed by atoms with van der Waals surface area (Å²) in [4.78, 5) is 17.9. The number of hydrogen-bond donors (Lipinski definition) is 1. The molecule has 5 nitrogen and oxygen atoms in total. The van der Waals surface area contributed by atoms with Gasteiger partial charge in [0.25, 0.3) is 0 Å². The van der Waals surface area contributed by atoms with Crippen LogP contribution in [0.25, 0.3) is 10.9 Å². The standard InChI is InChI=1S/C30H40N4O/c1-3-33-16-8-12-27(33)20-31-30(35)24-14-17-32(18-15-24)22-28-19-25-10-6-7-13-29(25)34(28)21-26-11-5-4-9-23(26)2/h4-7,9-11,13,19,24,27H,3,8,12,14-18,20-22H2,1-2H3,(H,31,35)/t27-/m0/s1. The molecule has 0 spiro atoms. The number of hydrogen-bond acceptors (Lipinski definition) is 3. The second-order valence-electron chi connectivity index (χ2n) is 10.4. The number of fused-ring (bicyclic) bond motifs is 1. The minimum absolute atomic E-state index is 0.153. The zero-order valence-electron chi connectivity index (χ0n) is 21.4. The molecule has 0 unspecified atom stereocenters. The van der Waals surface area contributed by atoms with Gasteiger partial charge in [-0.1, -0.05) is 49.4 Å². The van der Waals surface area contributed by atoms with Gasteiger partial charge in [0.15, 0.2) is 0 Å². The van der Waals surface area contributed by atoms with E-state index in [-0.39, 0.29) is 11.8 Å². The predicted octanol–water partition coefficient (Wildman–Crippen LogP) is 4.81. The van der Waals surface area contributed by atoms with Crippen LogP contribution in [0.4, 0.5) is 0 Å². The van der Waals surface area contributed by atoms with E-state index in [9.17, 15) is 4.79 Å². The quantitative estimate of drug-likeness (QED) is 0.511. The van der Waals surface area contributed by atoms with Crippen molar-refractivity contribution in [2.75, 3.05) is 32.7 Å². The van der Waals surface area contributed by atoms with Crippen molar-refractivity contribution in [2.45, 2.75) is 58.7 Å². The molecule has 0 saturated carbocycles. The molecule has 35 heavy (non-hydrogen) atoms. The van der Waals surface area contributed by atoms with Gasteiger partial charge >= 0.3 is 0 Å². The Kier molecular flexibility index (Phi) is 7.54. The lowest BCUT2D eigenvalue weighted by Gasteiger charge is -2.32. The fourth-order valence-corrected chi connectivity index (χ4v) is 6.03. The normalized spacial score (nSPS) is 20.0. The third-order valence-corrected chi connectivity index (χ3v) is 8.25. The van der Waals surface area contributed by atoms with Crippen LogP contribution in [0.5, 0.6) is 0 Å². The molecule has 0 aliphatic carbocycles. The van der Waals surface area contributed by atoms with Crippen LogP contribution in [0, 0.1) is 12.8 Å². The number of amides is 1. The Bertz CT molecular complexity index is 1140. The van der Waals surface area contributed by atoms with Crippen LogP contribution in [-0.2, 0) is 17.9 Å². The van der Waals surface area contributed by atoms with E-state index in [2.05, 4.69) is 88.1 Å². The molecule has 2 aromatic carbocycles. The largest absolute Gasteiger partial charge is 0.354 e. The number of rotatable bonds is 8. The lowest BCUT2D eigenvalue weighted by molar-refractivity contribution is -0.126. The molecule has 5 heteroatoms. The van der Waals surface area contributed by atoms with Crippen molar-refractivity contribution >= 4 is 16.8 Å². The van der Waals surface area contributed by atoms with Gasteiger partial charge in [-0.05, 0) is 87.4 Å². The molecule has 1 amide bonds. The Morgan fingerprint density at radius 1 is 0.971 bits per heavy atom. The number of aryl methyl sites for hydroxylation is 1. The van der Waals surface area contributed by atoms with Crippen molar-refractivity contribution < 1.29 is 4.79 Å². The van der Waals surface area contributed by atoms with Crippen molar-refractivity contribution in [1.29, 1.82) is 0 Å². The van der Waals surface area contributed by atoms with Gasteiger partial charge < -0.3 is 9.88 Å². The summed E-state index contributed by atoms with van der Waals surface area (Å²) in [7, 11) is 0. The first-order chi connectivity index (χ1) is 17.1. The lowest BCUT2D eigenvalue weighted by atomic mass is 9.95. The molecule has 2 aliphatic rings. The van der Waals surface area contributed by atoms with Crippen LogP contribution < -0.4 is 5.32 Å². The molecule has 1 atom stereocenters. The predicted molar refractivity (Wildman–Crippen MR) is 143 cm³/mol. The van der Waals surface area contributed by atoms with Gasteiger partial charge in [0.2, 0.25) is 5.91 Å². The van der Waals surface area contributed by atoms with Crippen molar-refractivity contribution in [1.82, 2.24) is 19.7 Å². The summed E-state index contributed by atoms with van der Waals surface area (Å²) in [6, 6.07) is 20.3. The van der Waals surface area contributed by atoms with Crippen molar-refractivity contribution in [2.24, 2.45) is 5.92 Å². The number of carbonyl (C=O) groups excluding carboxylic acids is 1. The molecule has 0 radical (unpaired) electrons. The zero-order chi connectivity index (χ0) is 24.2. The summed E-state index contributed by atoms with van der Waals surface area (Å²) < 4.78 is 2.48. The second-order valence-corrected chi connectivity index (χ2v) is 10.4. The Balaban J connectivity index is 1.21. The molecule has 2 fully saturated rings. The van der Waals surface area contributed by atoms with E-state index >= 15 is 0 Å². The fraction of sp³-hybridized carbons (Fsp3) is 0.500. The van der Waals surface area contributed by atoms with Gasteiger partial charge in [-0.15, -0.1) is 0 Å². The maximum Gasteiger partial charge on any atom is 0.223 e. The zero-order valence-corrected chi connectivity index (χ0v) is 21.4. The van der Waals surface area contributed by atoms with Crippen LogP contribution in [0.1, 0.15) is 49.4 Å². The highest BCUT2D eigenvalue weighted by atomic mass is 16.1. The van der Waals surface area contributed by atoms with E-state index in [1.807, 2.05) is 0 Å². The molecule has 3 aromatic rings. The average molecular weight is 473 g/mol. The van der Waals surface area contributed by atoms with E-state index in [4.69, 9.17) is 0 Å². The molecule has 2 saturated heterocycles. The number of para-hydroxylation sites is 1. The van der Waals surface area contributed by atoms with Crippen LogP contribution >= 0.6 is 0 Å². The highest BCUT2D eigenvalue weighted by Crippen LogP contribution is 2.26. The molecule has 0 bridgehead atoms. The third kappa shape index (κ3) is 5.46. The van der Waals surface area contributed by atoms with E-state index < -0.39 is 0 Å². The summed E-state index contributed by atoms with van der Waals surface area (Å²) in [6.07, 6.45) is 4.37. The minimum Gasteiger partial charge on any atom is -0.354 e. The van der Waals surface area contributed by atoms with Gasteiger partial charge in [0, 0.05) is 42.8 Å². The van der Waals surface area contributed by atoms with Gasteiger partial charge in [0.05, 0.1) is 0 Å². The number of nitrogens with zero attached hydrogens (tertiary/aromatic N) is 3. The summed E-state index contributed by atoms with van der Waals surface area (Å²) in [5.74, 6) is 0.418. The van der Waals surface area contributed by atoms with Crippen LogP contribution in [-0.4, -0.2) is 59.0 Å². The SMILES string of the molecule is CCN1CCC[C@H]1CNC(=O)C1CCN(Cc2cc3ccccc3n2Cc2ccccc2C)CC1. The van der Waals surface area contributed by atoms with Gasteiger partial charge in [-0.2, -0.15) is 0 Å². The number of piperidine rings is 1. The minimum atomic E-state index is 0.153. The number of carbonyl (C=O) groups is 1. The first kappa shape index (κ1) is 24.1. The number of nitrogens with one attached hydrogen (secondary N) is 1. The monoisotopic (exact) mass is 472 g/mol. The lowest BCUT2D eigenvalue weighted by Crippen LogP contribution is -2.44. The maximum atomic E-state index is 12.9. The smallest absolute Gasteiger partial charge is 0.223 e. The van der Waals surface area contributed by atoms with E-state index in [0.29, 0.717) is 6.04 Å². The van der Waals surface area contributed by atoms with Crippen molar-refractivity contribution in [3.05, 3.63) is 71.4 Å². The Morgan fingerprint density at radius 3 is 2.54 bits per heavy atom. The Hall–Kier alpha value is -2.63. The molecule has 1 aromatic heterocycles. The number of aromatic nitrogens is 1. The Labute approximate surface area is 210 Å². The first-order valence-electron chi connectivity index (χ1n) is 13.5. The number of benzene rings is 2. The van der Waals surface area contributed by atoms with Crippen LogP contribution in [0.2, 0.25) is 0 Å². The molecular formula is C30H40N4O. The van der Waals surface area contributed by atoms with Crippen molar-refractivity contribution in [3.63, 3.8) is 0 Å². The van der Waals surface area contributed by atoms with Gasteiger partial charge in [-0.3, -0.25) is 14.6 Å². The molecule has 2 aliphatic heterocycles. The molecule has 5 rings (SSSR count). The van der Waals surface area contributed by atoms with Crippen LogP contribution in [0.15, 0.2) is 54.6 Å². The average Bonchev–Trinajstić information content (AvgIpc) is 3.48. The summed E-state index contributed by atoms with van der Waals surface area (Å²) in [6.45, 7) is 11.3. The maximum absolute atomic E-state index is 12.9. The number of likely N-dealkylation sites (N-methyl/N-ethyl adjacent to an activating group) is 1. The van der Waals surface area contributed by atoms with E-state index in [1.54, 1.807) is 0 Å². The fourth-order valence-electron chi connectivity index (χ4n) is 6.03. The molecular weight excluding hydrogens is 432 g/mol. The molecule has 186 valence electrons. The highest BCUT2D eigenvalue weighted by Gasteiger charge is 2.28. The number of likely N-dealkylation sites (tertiary alicyclic amines) is 2. The van der Waals surface area contributed by atoms with Gasteiger partial charge in [-0.25, -0.2) is 0 Å². The topological polar surface area (TPSA) is 40.5 Å². The Morgan fingerprint density at radius 2 is 1.74 bits per heavy atom. The first-order valence-corrected chi connectivity index (χ1v) is 13.5. The molecule has 3 heterocycles. The molecule has 1 N–H and O–H groups in total. The van der Waals surface area contributed by atoms with E-state index in [0.717, 1.165) is 52.1 Å². The van der Waals surface area contributed by atoms with Crippen LogP contribution in [0.3, 0.4) is 0 Å². The van der Waals surface area contributed by atoms with Crippen molar-refractivity contribution in [3.8, 4) is 0 Å². The third-order valence-electron chi connectivity index (χ3n) is 8.25. The highest BCUT2D eigenvalue weighted by molar-refractivity contribution is 5.81.